The van der Waals surface area contributed by atoms with Gasteiger partial charge in [-0.25, -0.2) is 10.5 Å². The molecule has 0 bridgehead atoms. The summed E-state index contributed by atoms with van der Waals surface area (Å²) in [6.45, 7) is 5.09. The summed E-state index contributed by atoms with van der Waals surface area (Å²) < 4.78 is 0. The van der Waals surface area contributed by atoms with Crippen molar-refractivity contribution in [1.29, 1.82) is 0 Å². The van der Waals surface area contributed by atoms with Gasteiger partial charge in [0.25, 0.3) is 0 Å². The summed E-state index contributed by atoms with van der Waals surface area (Å²) in [4.78, 5) is 0. The van der Waals surface area contributed by atoms with Crippen LogP contribution in [-0.4, -0.2) is 23.8 Å². The van der Waals surface area contributed by atoms with E-state index >= 15 is 0 Å². The fourth-order valence-electron chi connectivity index (χ4n) is 4.27. The maximum atomic E-state index is 4.54. The van der Waals surface area contributed by atoms with Crippen molar-refractivity contribution < 1.29 is 0 Å². The van der Waals surface area contributed by atoms with E-state index in [4.69, 9.17) is 0 Å². The van der Waals surface area contributed by atoms with Crippen molar-refractivity contribution in [2.75, 3.05) is 6.54 Å². The van der Waals surface area contributed by atoms with Gasteiger partial charge in [-0.3, -0.25) is 0 Å². The Morgan fingerprint density at radius 3 is 2.50 bits per heavy atom. The summed E-state index contributed by atoms with van der Waals surface area (Å²) in [5, 5.41) is 6.94. The quantitative estimate of drug-likeness (QED) is 0.481. The standard InChI is InChI=1S/C17H29N3/c1-2-14-7-9-15(10-8-14)13-18-19-20-12-11-16-5-3-4-6-17(16)20/h2,13-17,19H,1,3-12H2. The minimum Gasteiger partial charge on any atom is -0.240 e. The number of fused-ring (bicyclic) bond motifs is 1. The molecule has 3 heteroatoms. The number of hydrazine groups is 1. The van der Waals surface area contributed by atoms with Crippen LogP contribution < -0.4 is 5.53 Å². The second kappa shape index (κ2) is 6.75. The number of rotatable bonds is 4. The van der Waals surface area contributed by atoms with Gasteiger partial charge in [0.2, 0.25) is 0 Å². The first-order valence-corrected chi connectivity index (χ1v) is 8.55. The van der Waals surface area contributed by atoms with Crippen LogP contribution in [-0.2, 0) is 0 Å². The molecule has 2 unspecified atom stereocenters. The van der Waals surface area contributed by atoms with Gasteiger partial charge in [0.1, 0.15) is 0 Å². The predicted molar refractivity (Wildman–Crippen MR) is 84.3 cm³/mol. The molecule has 0 aromatic heterocycles. The van der Waals surface area contributed by atoms with E-state index in [9.17, 15) is 0 Å². The number of hydrogen-bond acceptors (Lipinski definition) is 3. The van der Waals surface area contributed by atoms with Crippen LogP contribution in [0.4, 0.5) is 0 Å². The molecule has 112 valence electrons. The van der Waals surface area contributed by atoms with Gasteiger partial charge in [0, 0.05) is 18.8 Å². The predicted octanol–water partition coefficient (Wildman–Crippen LogP) is 3.73. The highest BCUT2D eigenvalue weighted by Gasteiger charge is 2.35. The van der Waals surface area contributed by atoms with Crippen molar-refractivity contribution in [1.82, 2.24) is 10.5 Å². The molecule has 1 heterocycles. The van der Waals surface area contributed by atoms with Crippen molar-refractivity contribution in [2.45, 2.75) is 63.8 Å². The lowest BCUT2D eigenvalue weighted by molar-refractivity contribution is 0.126. The van der Waals surface area contributed by atoms with Crippen molar-refractivity contribution in [2.24, 2.45) is 22.9 Å². The zero-order chi connectivity index (χ0) is 13.8. The average molecular weight is 275 g/mol. The molecular formula is C17H29N3. The number of hydrogen-bond donors (Lipinski definition) is 1. The zero-order valence-corrected chi connectivity index (χ0v) is 12.6. The molecule has 3 aliphatic rings. The molecule has 3 fully saturated rings. The third-order valence-corrected chi connectivity index (χ3v) is 5.63. The van der Waals surface area contributed by atoms with Gasteiger partial charge in [-0.15, -0.1) is 6.58 Å². The molecule has 0 amide bonds. The Morgan fingerprint density at radius 2 is 1.70 bits per heavy atom. The van der Waals surface area contributed by atoms with E-state index in [1.165, 1.54) is 64.3 Å². The van der Waals surface area contributed by atoms with Crippen LogP contribution in [0.1, 0.15) is 57.8 Å². The molecule has 2 saturated carbocycles. The lowest BCUT2D eigenvalue weighted by Gasteiger charge is -2.31. The highest BCUT2D eigenvalue weighted by atomic mass is 15.7. The second-order valence-electron chi connectivity index (χ2n) is 6.88. The highest BCUT2D eigenvalue weighted by Crippen LogP contribution is 2.35. The molecule has 2 atom stereocenters. The number of hydrazone groups is 1. The average Bonchev–Trinajstić information content (AvgIpc) is 2.92. The van der Waals surface area contributed by atoms with Crippen molar-refractivity contribution >= 4 is 6.21 Å². The Labute approximate surface area is 123 Å². The first-order chi connectivity index (χ1) is 9.86. The summed E-state index contributed by atoms with van der Waals surface area (Å²) in [5.74, 6) is 2.34. The molecular weight excluding hydrogens is 246 g/mol. The Balaban J connectivity index is 1.43. The van der Waals surface area contributed by atoms with Gasteiger partial charge in [-0.2, -0.15) is 5.10 Å². The smallest absolute Gasteiger partial charge is 0.0335 e. The first-order valence-electron chi connectivity index (χ1n) is 8.55. The fourth-order valence-corrected chi connectivity index (χ4v) is 4.27. The highest BCUT2D eigenvalue weighted by molar-refractivity contribution is 5.60. The molecule has 2 aliphatic carbocycles. The van der Waals surface area contributed by atoms with Gasteiger partial charge >= 0.3 is 0 Å². The molecule has 3 rings (SSSR count). The Hall–Kier alpha value is -0.830. The first kappa shape index (κ1) is 14.1. The minimum absolute atomic E-state index is 0.670. The maximum absolute atomic E-state index is 4.54. The molecule has 0 radical (unpaired) electrons. The van der Waals surface area contributed by atoms with Crippen LogP contribution >= 0.6 is 0 Å². The van der Waals surface area contributed by atoms with Crippen LogP contribution in [0.5, 0.6) is 0 Å². The normalized spacial score (nSPS) is 38.8. The Kier molecular flexibility index (Phi) is 4.77. The van der Waals surface area contributed by atoms with Crippen LogP contribution in [0.25, 0.3) is 0 Å². The van der Waals surface area contributed by atoms with E-state index in [0.717, 1.165) is 17.9 Å². The van der Waals surface area contributed by atoms with E-state index in [-0.39, 0.29) is 0 Å². The Bertz CT molecular complexity index is 344. The molecule has 0 aromatic rings. The third kappa shape index (κ3) is 3.25. The van der Waals surface area contributed by atoms with E-state index in [2.05, 4.69) is 34.5 Å². The topological polar surface area (TPSA) is 27.6 Å². The molecule has 0 spiro atoms. The lowest BCUT2D eigenvalue weighted by Crippen LogP contribution is -2.42. The summed E-state index contributed by atoms with van der Waals surface area (Å²) in [6, 6.07) is 0.748. The number of allylic oxidation sites excluding steroid dienone is 1. The van der Waals surface area contributed by atoms with Crippen LogP contribution in [0.2, 0.25) is 0 Å². The number of nitrogens with zero attached hydrogens (tertiary/aromatic N) is 2. The van der Waals surface area contributed by atoms with Gasteiger partial charge < -0.3 is 0 Å². The molecule has 0 aromatic carbocycles. The molecule has 1 N–H and O–H groups in total. The maximum Gasteiger partial charge on any atom is 0.0335 e. The molecule has 1 aliphatic heterocycles. The van der Waals surface area contributed by atoms with Gasteiger partial charge in [-0.1, -0.05) is 18.9 Å². The molecule has 1 saturated heterocycles. The van der Waals surface area contributed by atoms with Crippen LogP contribution in [0.3, 0.4) is 0 Å². The van der Waals surface area contributed by atoms with Gasteiger partial charge in [-0.05, 0) is 62.7 Å². The monoisotopic (exact) mass is 275 g/mol. The van der Waals surface area contributed by atoms with Crippen molar-refractivity contribution in [3.8, 4) is 0 Å². The zero-order valence-electron chi connectivity index (χ0n) is 12.6. The van der Waals surface area contributed by atoms with Gasteiger partial charge in [0.15, 0.2) is 0 Å². The summed E-state index contributed by atoms with van der Waals surface area (Å²) >= 11 is 0. The van der Waals surface area contributed by atoms with E-state index < -0.39 is 0 Å². The van der Waals surface area contributed by atoms with Crippen LogP contribution in [0, 0.1) is 17.8 Å². The second-order valence-corrected chi connectivity index (χ2v) is 6.88. The van der Waals surface area contributed by atoms with E-state index in [1.807, 2.05) is 0 Å². The van der Waals surface area contributed by atoms with Gasteiger partial charge in [0.05, 0.1) is 0 Å². The summed E-state index contributed by atoms with van der Waals surface area (Å²) in [6.07, 6.45) is 16.4. The molecule has 20 heavy (non-hydrogen) atoms. The van der Waals surface area contributed by atoms with E-state index in [1.54, 1.807) is 0 Å². The largest absolute Gasteiger partial charge is 0.240 e. The third-order valence-electron chi connectivity index (χ3n) is 5.63. The summed E-state index contributed by atoms with van der Waals surface area (Å²) in [5.41, 5.74) is 3.34. The summed E-state index contributed by atoms with van der Waals surface area (Å²) in [7, 11) is 0. The molecule has 3 nitrogen and oxygen atoms in total. The fraction of sp³-hybridized carbons (Fsp3) is 0.824. The van der Waals surface area contributed by atoms with Crippen LogP contribution in [0.15, 0.2) is 17.8 Å². The lowest BCUT2D eigenvalue weighted by atomic mass is 9.83. The SMILES string of the molecule is C=CC1CCC(C=NNN2CCC3CCCCC32)CC1. The number of nitrogens with one attached hydrogen (secondary N) is 1. The van der Waals surface area contributed by atoms with E-state index in [0.29, 0.717) is 5.92 Å². The van der Waals surface area contributed by atoms with Crippen molar-refractivity contribution in [3.63, 3.8) is 0 Å². The minimum atomic E-state index is 0.670. The Morgan fingerprint density at radius 1 is 0.950 bits per heavy atom. The van der Waals surface area contributed by atoms with Crippen molar-refractivity contribution in [3.05, 3.63) is 12.7 Å².